The second-order valence-corrected chi connectivity index (χ2v) is 6.56. The third-order valence-electron chi connectivity index (χ3n) is 4.28. The maximum absolute atomic E-state index is 5.85. The van der Waals surface area contributed by atoms with E-state index >= 15 is 0 Å². The van der Waals surface area contributed by atoms with Crippen LogP contribution < -0.4 is 10.9 Å². The molecule has 124 valence electrons. The monoisotopic (exact) mass is 327 g/mol. The van der Waals surface area contributed by atoms with E-state index in [1.54, 1.807) is 24.8 Å². The molecule has 0 unspecified atom stereocenters. The van der Waals surface area contributed by atoms with E-state index in [0.29, 0.717) is 0 Å². The highest BCUT2D eigenvalue weighted by atomic mass is 17.3. The molecule has 2 aliphatic rings. The summed E-state index contributed by atoms with van der Waals surface area (Å²) in [6.07, 6.45) is 8.35. The van der Waals surface area contributed by atoms with Crippen LogP contribution in [0.5, 0.6) is 0 Å². The largest absolute Gasteiger partial charge is 0.550 e. The molecule has 7 nitrogen and oxygen atoms in total. The zero-order valence-electron chi connectivity index (χ0n) is 14.2. The third kappa shape index (κ3) is 3.81. The van der Waals surface area contributed by atoms with Crippen LogP contribution in [0.25, 0.3) is 0 Å². The Morgan fingerprint density at radius 1 is 0.750 bits per heavy atom. The van der Waals surface area contributed by atoms with Gasteiger partial charge in [0.25, 0.3) is 0 Å². The molecule has 0 aliphatic carbocycles. The predicted molar refractivity (Wildman–Crippen MR) is 89.5 cm³/mol. The average Bonchev–Trinajstić information content (AvgIpc) is 3.38. The normalized spacial score (nSPS) is 20.3. The Bertz CT molecular complexity index is 653. The van der Waals surface area contributed by atoms with Crippen molar-refractivity contribution in [2.24, 2.45) is 0 Å². The first kappa shape index (κ1) is 17.0. The minimum absolute atomic E-state index is 0.131. The van der Waals surface area contributed by atoms with Crippen LogP contribution in [0.1, 0.15) is 27.7 Å². The Kier molecular flexibility index (Phi) is 4.69. The van der Waals surface area contributed by atoms with E-state index in [1.165, 1.54) is 6.33 Å². The SMILES string of the molecule is CC1(C)OB(c2cncnc2)OC1(C)C.c1cc(B2OO2)ccn1. The van der Waals surface area contributed by atoms with Crippen molar-refractivity contribution < 1.29 is 18.9 Å². The first-order valence-electron chi connectivity index (χ1n) is 7.72. The van der Waals surface area contributed by atoms with E-state index in [4.69, 9.17) is 9.31 Å². The summed E-state index contributed by atoms with van der Waals surface area (Å²) < 4.78 is 11.7. The zero-order valence-corrected chi connectivity index (χ0v) is 14.2. The number of hydrogen-bond donors (Lipinski definition) is 0. The van der Waals surface area contributed by atoms with Gasteiger partial charge in [0, 0.05) is 30.3 Å². The van der Waals surface area contributed by atoms with Gasteiger partial charge in [-0.2, -0.15) is 0 Å². The smallest absolute Gasteiger partial charge is 0.399 e. The van der Waals surface area contributed by atoms with Crippen LogP contribution in [-0.4, -0.2) is 40.4 Å². The van der Waals surface area contributed by atoms with Crippen LogP contribution in [-0.2, 0) is 18.9 Å². The summed E-state index contributed by atoms with van der Waals surface area (Å²) in [5, 5.41) is 0. The van der Waals surface area contributed by atoms with Crippen molar-refractivity contribution in [1.29, 1.82) is 0 Å². The highest BCUT2D eigenvalue weighted by molar-refractivity contribution is 6.65. The lowest BCUT2D eigenvalue weighted by atomic mass is 9.81. The van der Waals surface area contributed by atoms with Crippen LogP contribution in [0.4, 0.5) is 0 Å². The maximum atomic E-state index is 5.85. The number of rotatable bonds is 2. The molecule has 2 aromatic rings. The predicted octanol–water partition coefficient (Wildman–Crippen LogP) is 0.514. The molecular weight excluding hydrogens is 308 g/mol. The average molecular weight is 327 g/mol. The molecule has 0 atom stereocenters. The van der Waals surface area contributed by atoms with Crippen molar-refractivity contribution >= 4 is 25.2 Å². The van der Waals surface area contributed by atoms with Gasteiger partial charge in [-0.25, -0.2) is 9.97 Å². The molecule has 24 heavy (non-hydrogen) atoms. The number of aromatic nitrogens is 3. The quantitative estimate of drug-likeness (QED) is 0.452. The Hall–Kier alpha value is -1.80. The highest BCUT2D eigenvalue weighted by Crippen LogP contribution is 2.36. The van der Waals surface area contributed by atoms with Crippen molar-refractivity contribution in [3.8, 4) is 0 Å². The summed E-state index contributed by atoms with van der Waals surface area (Å²) in [7, 11) is -0.496. The Labute approximate surface area is 141 Å². The summed E-state index contributed by atoms with van der Waals surface area (Å²) in [6.45, 7) is 8.10. The first-order chi connectivity index (χ1) is 11.4. The van der Waals surface area contributed by atoms with Gasteiger partial charge in [0.2, 0.25) is 0 Å². The van der Waals surface area contributed by atoms with Crippen LogP contribution in [0.2, 0.25) is 0 Å². The van der Waals surface area contributed by atoms with E-state index in [-0.39, 0.29) is 25.4 Å². The molecule has 4 heterocycles. The Morgan fingerprint density at radius 3 is 1.79 bits per heavy atom. The van der Waals surface area contributed by atoms with Crippen molar-refractivity contribution in [2.45, 2.75) is 38.9 Å². The van der Waals surface area contributed by atoms with Gasteiger partial charge in [0.1, 0.15) is 6.33 Å². The van der Waals surface area contributed by atoms with Crippen LogP contribution in [0.3, 0.4) is 0 Å². The van der Waals surface area contributed by atoms with Gasteiger partial charge in [-0.15, -0.1) is 0 Å². The highest BCUT2D eigenvalue weighted by Gasteiger charge is 2.51. The molecule has 0 saturated carbocycles. The van der Waals surface area contributed by atoms with E-state index in [2.05, 4.69) is 24.6 Å². The van der Waals surface area contributed by atoms with Crippen LogP contribution in [0, 0.1) is 0 Å². The number of hydrogen-bond acceptors (Lipinski definition) is 7. The fourth-order valence-electron chi connectivity index (χ4n) is 2.07. The standard InChI is InChI=1S/C10H15BN2O2.C5H4BNO2/c1-9(2)10(3,4)15-11(14-9)8-5-12-7-13-6-8;1-3-7-4-2-5(1)6-8-9-6/h5-7H,1-4H3;1-4H. The summed E-state index contributed by atoms with van der Waals surface area (Å²) in [5.74, 6) is 0. The van der Waals surface area contributed by atoms with E-state index < -0.39 is 0 Å². The van der Waals surface area contributed by atoms with Crippen molar-refractivity contribution in [3.05, 3.63) is 43.2 Å². The number of nitrogens with zero attached hydrogens (tertiary/aromatic N) is 3. The van der Waals surface area contributed by atoms with Gasteiger partial charge in [0.05, 0.1) is 11.2 Å². The molecule has 0 bridgehead atoms. The second kappa shape index (κ2) is 6.60. The molecule has 0 aromatic carbocycles. The lowest BCUT2D eigenvalue weighted by Gasteiger charge is -2.32. The fourth-order valence-corrected chi connectivity index (χ4v) is 2.07. The summed E-state index contributed by atoms with van der Waals surface area (Å²) in [4.78, 5) is 20.9. The summed E-state index contributed by atoms with van der Waals surface area (Å²) >= 11 is 0. The van der Waals surface area contributed by atoms with Gasteiger partial charge >= 0.3 is 14.2 Å². The molecule has 0 N–H and O–H groups in total. The Balaban J connectivity index is 0.000000159. The number of pyridine rings is 1. The molecule has 2 aliphatic heterocycles. The van der Waals surface area contributed by atoms with Gasteiger partial charge in [-0.3, -0.25) is 14.6 Å². The van der Waals surface area contributed by atoms with E-state index in [9.17, 15) is 0 Å². The van der Waals surface area contributed by atoms with Gasteiger partial charge in [-0.05, 0) is 45.3 Å². The van der Waals surface area contributed by atoms with Gasteiger partial charge in [-0.1, -0.05) is 0 Å². The fraction of sp³-hybridized carbons (Fsp3) is 0.400. The topological polar surface area (TPSA) is 82.2 Å². The lowest BCUT2D eigenvalue weighted by Crippen LogP contribution is -2.41. The van der Waals surface area contributed by atoms with Gasteiger partial charge < -0.3 is 9.31 Å². The minimum atomic E-state index is -0.365. The van der Waals surface area contributed by atoms with E-state index in [0.717, 1.165) is 10.9 Å². The molecular formula is C15H19B2N3O4. The first-order valence-corrected chi connectivity index (χ1v) is 7.72. The maximum Gasteiger partial charge on any atom is 0.550 e. The summed E-state index contributed by atoms with van der Waals surface area (Å²) in [5.41, 5.74) is 1.25. The van der Waals surface area contributed by atoms with Crippen molar-refractivity contribution in [2.75, 3.05) is 0 Å². The molecule has 2 aromatic heterocycles. The van der Waals surface area contributed by atoms with E-state index in [1.807, 2.05) is 39.8 Å². The molecule has 0 radical (unpaired) electrons. The molecule has 9 heteroatoms. The van der Waals surface area contributed by atoms with Gasteiger partial charge in [0.15, 0.2) is 0 Å². The third-order valence-corrected chi connectivity index (χ3v) is 4.28. The summed E-state index contributed by atoms with van der Waals surface area (Å²) in [6, 6.07) is 3.72. The van der Waals surface area contributed by atoms with Crippen molar-refractivity contribution in [1.82, 2.24) is 15.0 Å². The molecule has 0 amide bonds. The molecule has 4 rings (SSSR count). The van der Waals surface area contributed by atoms with Crippen molar-refractivity contribution in [3.63, 3.8) is 0 Å². The van der Waals surface area contributed by atoms with Crippen LogP contribution in [0.15, 0.2) is 43.2 Å². The lowest BCUT2D eigenvalue weighted by molar-refractivity contribution is 0.00578. The van der Waals surface area contributed by atoms with Crippen LogP contribution >= 0.6 is 0 Å². The zero-order chi connectivity index (χ0) is 17.2. The Morgan fingerprint density at radius 2 is 1.29 bits per heavy atom. The minimum Gasteiger partial charge on any atom is -0.399 e. The molecule has 0 spiro atoms. The second-order valence-electron chi connectivity index (χ2n) is 6.56. The molecule has 2 saturated heterocycles. The molecule has 2 fully saturated rings.